The van der Waals surface area contributed by atoms with Crippen LogP contribution in [0.5, 0.6) is 0 Å². The molecule has 0 bridgehead atoms. The van der Waals surface area contributed by atoms with Gasteiger partial charge in [0.15, 0.2) is 0 Å². The number of ether oxygens (including phenoxy) is 1. The number of benzene rings is 1. The number of carbonyl (C=O) groups is 2. The normalized spacial score (nSPS) is 20.4. The smallest absolute Gasteiger partial charge is 0.252 e. The summed E-state index contributed by atoms with van der Waals surface area (Å²) in [6.07, 6.45) is 7.31. The number of carbonyl (C=O) groups excluding carboxylic acids is 2. The maximum atomic E-state index is 12.8. The van der Waals surface area contributed by atoms with Crippen molar-refractivity contribution < 1.29 is 14.3 Å². The second-order valence-corrected chi connectivity index (χ2v) is 8.83. The zero-order valence-electron chi connectivity index (χ0n) is 18.2. The molecule has 1 atom stereocenters. The van der Waals surface area contributed by atoms with Crippen LogP contribution in [0.1, 0.15) is 47.2 Å². The van der Waals surface area contributed by atoms with E-state index >= 15 is 0 Å². The van der Waals surface area contributed by atoms with Crippen molar-refractivity contribution in [3.63, 3.8) is 0 Å². The van der Waals surface area contributed by atoms with Crippen molar-refractivity contribution in [3.05, 3.63) is 65.5 Å². The van der Waals surface area contributed by atoms with E-state index in [1.165, 1.54) is 0 Å². The van der Waals surface area contributed by atoms with E-state index in [0.29, 0.717) is 31.1 Å². The van der Waals surface area contributed by atoms with Crippen molar-refractivity contribution in [2.24, 2.45) is 5.92 Å². The number of piperidine rings is 1. The van der Waals surface area contributed by atoms with Gasteiger partial charge in [0.25, 0.3) is 5.91 Å². The van der Waals surface area contributed by atoms with Crippen LogP contribution in [0.2, 0.25) is 0 Å². The topological polar surface area (TPSA) is 71.5 Å². The van der Waals surface area contributed by atoms with E-state index in [2.05, 4.69) is 23.3 Å². The summed E-state index contributed by atoms with van der Waals surface area (Å²) in [5.74, 6) is 0.508. The van der Waals surface area contributed by atoms with Crippen molar-refractivity contribution in [2.45, 2.75) is 44.6 Å². The summed E-state index contributed by atoms with van der Waals surface area (Å²) in [7, 11) is 0. The third-order valence-corrected chi connectivity index (χ3v) is 6.70. The molecule has 2 aliphatic rings. The van der Waals surface area contributed by atoms with E-state index in [-0.39, 0.29) is 17.4 Å². The highest BCUT2D eigenvalue weighted by Gasteiger charge is 2.41. The first kappa shape index (κ1) is 21.5. The molecule has 4 rings (SSSR count). The number of pyridine rings is 1. The first-order chi connectivity index (χ1) is 15.0. The summed E-state index contributed by atoms with van der Waals surface area (Å²) in [6.45, 7) is 4.88. The fourth-order valence-corrected chi connectivity index (χ4v) is 4.73. The number of aryl methyl sites for hydroxylation is 1. The van der Waals surface area contributed by atoms with Crippen LogP contribution < -0.4 is 5.32 Å². The molecule has 2 aromatic rings. The molecule has 6 heteroatoms. The van der Waals surface area contributed by atoms with Crippen molar-refractivity contribution in [1.82, 2.24) is 15.2 Å². The standard InChI is InChI=1S/C25H31N3O3/c1-19-5-2-3-6-21(19)15-23(29)28-12-9-25(10-13-28)16-20(8-14-31-25)17-27-24(30)22-7-4-11-26-18-22/h2-7,11,18,20H,8-10,12-17H2,1H3,(H,27,30). The van der Waals surface area contributed by atoms with Gasteiger partial charge in [-0.15, -0.1) is 0 Å². The highest BCUT2D eigenvalue weighted by atomic mass is 16.5. The van der Waals surface area contributed by atoms with E-state index in [0.717, 1.165) is 49.9 Å². The first-order valence-electron chi connectivity index (χ1n) is 11.2. The quantitative estimate of drug-likeness (QED) is 0.805. The minimum Gasteiger partial charge on any atom is -0.375 e. The molecule has 3 heterocycles. The van der Waals surface area contributed by atoms with Gasteiger partial charge in [0.1, 0.15) is 0 Å². The molecule has 2 fully saturated rings. The van der Waals surface area contributed by atoms with Crippen molar-refractivity contribution in [3.8, 4) is 0 Å². The summed E-state index contributed by atoms with van der Waals surface area (Å²) in [4.78, 5) is 31.1. The molecule has 0 aliphatic carbocycles. The number of aromatic nitrogens is 1. The summed E-state index contributed by atoms with van der Waals surface area (Å²) < 4.78 is 6.23. The number of likely N-dealkylation sites (tertiary alicyclic amines) is 1. The minimum absolute atomic E-state index is 0.0785. The Bertz CT molecular complexity index is 907. The Morgan fingerprint density at radius 3 is 2.74 bits per heavy atom. The summed E-state index contributed by atoms with van der Waals surface area (Å²) in [6, 6.07) is 11.6. The third kappa shape index (κ3) is 5.31. The van der Waals surface area contributed by atoms with Gasteiger partial charge in [-0.3, -0.25) is 14.6 Å². The van der Waals surface area contributed by atoms with Crippen molar-refractivity contribution >= 4 is 11.8 Å². The fourth-order valence-electron chi connectivity index (χ4n) is 4.73. The Morgan fingerprint density at radius 2 is 2.00 bits per heavy atom. The first-order valence-corrected chi connectivity index (χ1v) is 11.2. The molecule has 1 aromatic carbocycles. The van der Waals surface area contributed by atoms with Gasteiger partial charge in [-0.25, -0.2) is 0 Å². The molecule has 1 unspecified atom stereocenters. The SMILES string of the molecule is Cc1ccccc1CC(=O)N1CCC2(CC1)CC(CNC(=O)c1cccnc1)CCO2. The highest BCUT2D eigenvalue weighted by Crippen LogP contribution is 2.37. The van der Waals surface area contributed by atoms with Gasteiger partial charge in [0.05, 0.1) is 17.6 Å². The van der Waals surface area contributed by atoms with Gasteiger partial charge in [-0.1, -0.05) is 24.3 Å². The van der Waals surface area contributed by atoms with Crippen molar-refractivity contribution in [2.75, 3.05) is 26.2 Å². The van der Waals surface area contributed by atoms with Gasteiger partial charge < -0.3 is 15.0 Å². The average Bonchev–Trinajstić information content (AvgIpc) is 2.80. The molecular weight excluding hydrogens is 390 g/mol. The monoisotopic (exact) mass is 421 g/mol. The second kappa shape index (κ2) is 9.60. The van der Waals surface area contributed by atoms with Crippen molar-refractivity contribution in [1.29, 1.82) is 0 Å². The number of amides is 2. The van der Waals surface area contributed by atoms with Crippen LogP contribution in [0.15, 0.2) is 48.8 Å². The average molecular weight is 422 g/mol. The zero-order valence-corrected chi connectivity index (χ0v) is 18.2. The van der Waals surface area contributed by atoms with Gasteiger partial charge in [-0.05, 0) is 61.8 Å². The van der Waals surface area contributed by atoms with E-state index in [1.807, 2.05) is 23.1 Å². The molecule has 1 N–H and O–H groups in total. The predicted molar refractivity (Wildman–Crippen MR) is 119 cm³/mol. The van der Waals surface area contributed by atoms with Gasteiger partial charge >= 0.3 is 0 Å². The summed E-state index contributed by atoms with van der Waals surface area (Å²) >= 11 is 0. The largest absolute Gasteiger partial charge is 0.375 e. The molecule has 2 amide bonds. The van der Waals surface area contributed by atoms with Gasteiger partial charge in [0.2, 0.25) is 5.91 Å². The number of nitrogens with one attached hydrogen (secondary N) is 1. The molecule has 0 radical (unpaired) electrons. The molecule has 2 saturated heterocycles. The van der Waals surface area contributed by atoms with Crippen LogP contribution in [-0.4, -0.2) is 53.5 Å². The summed E-state index contributed by atoms with van der Waals surface area (Å²) in [5.41, 5.74) is 2.69. The van der Waals surface area contributed by atoms with Gasteiger partial charge in [0, 0.05) is 38.6 Å². The zero-order chi connectivity index (χ0) is 21.7. The Balaban J connectivity index is 1.27. The molecule has 2 aliphatic heterocycles. The fraction of sp³-hybridized carbons (Fsp3) is 0.480. The van der Waals surface area contributed by atoms with Crippen LogP contribution in [0, 0.1) is 12.8 Å². The van der Waals surface area contributed by atoms with E-state index in [9.17, 15) is 9.59 Å². The summed E-state index contributed by atoms with van der Waals surface area (Å²) in [5, 5.41) is 3.05. The maximum Gasteiger partial charge on any atom is 0.252 e. The molecule has 31 heavy (non-hydrogen) atoms. The number of hydrogen-bond acceptors (Lipinski definition) is 4. The number of nitrogens with zero attached hydrogens (tertiary/aromatic N) is 2. The maximum absolute atomic E-state index is 12.8. The lowest BCUT2D eigenvalue weighted by atomic mass is 9.79. The molecular formula is C25H31N3O3. The molecule has 6 nitrogen and oxygen atoms in total. The molecule has 0 saturated carbocycles. The van der Waals surface area contributed by atoms with Gasteiger partial charge in [-0.2, -0.15) is 0 Å². The Morgan fingerprint density at radius 1 is 1.19 bits per heavy atom. The van der Waals surface area contributed by atoms with Crippen LogP contribution >= 0.6 is 0 Å². The highest BCUT2D eigenvalue weighted by molar-refractivity contribution is 5.93. The van der Waals surface area contributed by atoms with Crippen LogP contribution in [-0.2, 0) is 16.0 Å². The molecule has 1 spiro atoms. The second-order valence-electron chi connectivity index (χ2n) is 8.83. The molecule has 164 valence electrons. The third-order valence-electron chi connectivity index (χ3n) is 6.70. The minimum atomic E-state index is -0.165. The van der Waals surface area contributed by atoms with E-state index in [4.69, 9.17) is 4.74 Å². The Labute approximate surface area is 184 Å². The number of hydrogen-bond donors (Lipinski definition) is 1. The number of rotatable bonds is 5. The lowest BCUT2D eigenvalue weighted by Crippen LogP contribution is -2.52. The van der Waals surface area contributed by atoms with Crippen LogP contribution in [0.3, 0.4) is 0 Å². The Hall–Kier alpha value is -2.73. The van der Waals surface area contributed by atoms with Crippen LogP contribution in [0.25, 0.3) is 0 Å². The van der Waals surface area contributed by atoms with E-state index < -0.39 is 0 Å². The Kier molecular flexibility index (Phi) is 6.66. The predicted octanol–water partition coefficient (Wildman–Crippen LogP) is 3.15. The molecule has 1 aromatic heterocycles. The lowest BCUT2D eigenvalue weighted by Gasteiger charge is -2.46. The van der Waals surface area contributed by atoms with Crippen LogP contribution in [0.4, 0.5) is 0 Å². The van der Waals surface area contributed by atoms with E-state index in [1.54, 1.807) is 24.5 Å². The lowest BCUT2D eigenvalue weighted by molar-refractivity contribution is -0.146.